The molecule has 0 spiro atoms. The zero-order valence-electron chi connectivity index (χ0n) is 10.1. The number of aromatic nitrogens is 1. The molecule has 1 aliphatic heterocycles. The summed E-state index contributed by atoms with van der Waals surface area (Å²) in [5, 5.41) is 3.71. The standard InChI is InChI=1S/C11H15NO5/c1-4-14-10(13)9-8(7(2)17-12-9)11(3)15-5-6-16-11/h4-6H2,1-3H3. The van der Waals surface area contributed by atoms with Gasteiger partial charge in [0.05, 0.1) is 25.4 Å². The summed E-state index contributed by atoms with van der Waals surface area (Å²) in [6.45, 7) is 6.41. The molecule has 2 heterocycles. The Bertz CT molecular complexity index is 419. The summed E-state index contributed by atoms with van der Waals surface area (Å²) in [7, 11) is 0. The molecule has 0 bridgehead atoms. The fourth-order valence-electron chi connectivity index (χ4n) is 1.90. The third-order valence-corrected chi connectivity index (χ3v) is 2.62. The normalized spacial score (nSPS) is 18.3. The number of hydrogen-bond donors (Lipinski definition) is 0. The third kappa shape index (κ3) is 2.05. The Kier molecular flexibility index (Phi) is 3.17. The highest BCUT2D eigenvalue weighted by Crippen LogP contribution is 2.35. The molecule has 0 atom stereocenters. The Morgan fingerprint density at radius 2 is 2.12 bits per heavy atom. The summed E-state index contributed by atoms with van der Waals surface area (Å²) >= 11 is 0. The van der Waals surface area contributed by atoms with Gasteiger partial charge >= 0.3 is 5.97 Å². The molecule has 6 heteroatoms. The molecule has 0 radical (unpaired) electrons. The summed E-state index contributed by atoms with van der Waals surface area (Å²) in [5.41, 5.74) is 0.627. The molecule has 0 unspecified atom stereocenters. The van der Waals surface area contributed by atoms with Crippen molar-refractivity contribution in [1.82, 2.24) is 5.16 Å². The minimum Gasteiger partial charge on any atom is -0.461 e. The lowest BCUT2D eigenvalue weighted by molar-refractivity contribution is -0.150. The van der Waals surface area contributed by atoms with Gasteiger partial charge in [-0.3, -0.25) is 0 Å². The van der Waals surface area contributed by atoms with E-state index in [1.165, 1.54) is 0 Å². The first-order valence-electron chi connectivity index (χ1n) is 5.50. The maximum absolute atomic E-state index is 11.7. The van der Waals surface area contributed by atoms with Gasteiger partial charge < -0.3 is 18.7 Å². The number of carbonyl (C=O) groups excluding carboxylic acids is 1. The van der Waals surface area contributed by atoms with Crippen molar-refractivity contribution in [3.63, 3.8) is 0 Å². The summed E-state index contributed by atoms with van der Waals surface area (Å²) in [6.07, 6.45) is 0. The SMILES string of the molecule is CCOC(=O)c1noc(C)c1C1(C)OCCO1. The lowest BCUT2D eigenvalue weighted by atomic mass is 10.1. The summed E-state index contributed by atoms with van der Waals surface area (Å²) in [4.78, 5) is 11.7. The first-order chi connectivity index (χ1) is 8.08. The first kappa shape index (κ1) is 12.1. The molecule has 1 fully saturated rings. The van der Waals surface area contributed by atoms with Crippen LogP contribution in [0.1, 0.15) is 35.7 Å². The van der Waals surface area contributed by atoms with Crippen LogP contribution in [0.5, 0.6) is 0 Å². The number of rotatable bonds is 3. The number of carbonyl (C=O) groups is 1. The molecule has 0 N–H and O–H groups in total. The van der Waals surface area contributed by atoms with E-state index in [0.29, 0.717) is 24.5 Å². The van der Waals surface area contributed by atoms with E-state index in [0.717, 1.165) is 0 Å². The molecule has 1 saturated heterocycles. The van der Waals surface area contributed by atoms with Crippen LogP contribution in [0.15, 0.2) is 4.52 Å². The van der Waals surface area contributed by atoms with Crippen LogP contribution in [-0.2, 0) is 20.0 Å². The molecule has 94 valence electrons. The maximum Gasteiger partial charge on any atom is 0.361 e. The van der Waals surface area contributed by atoms with Crippen LogP contribution in [-0.4, -0.2) is 30.9 Å². The lowest BCUT2D eigenvalue weighted by Gasteiger charge is -2.21. The van der Waals surface area contributed by atoms with Gasteiger partial charge in [0.1, 0.15) is 5.76 Å². The molecule has 1 aromatic rings. The van der Waals surface area contributed by atoms with E-state index in [2.05, 4.69) is 5.16 Å². The zero-order chi connectivity index (χ0) is 12.5. The average molecular weight is 241 g/mol. The largest absolute Gasteiger partial charge is 0.461 e. The third-order valence-electron chi connectivity index (χ3n) is 2.62. The number of aryl methyl sites for hydroxylation is 1. The van der Waals surface area contributed by atoms with E-state index in [4.69, 9.17) is 18.7 Å². The molecule has 2 rings (SSSR count). The molecular formula is C11H15NO5. The Balaban J connectivity index is 2.38. The van der Waals surface area contributed by atoms with Crippen molar-refractivity contribution in [3.8, 4) is 0 Å². The minimum absolute atomic E-state index is 0.119. The van der Waals surface area contributed by atoms with Crippen LogP contribution in [0.2, 0.25) is 0 Å². The summed E-state index contributed by atoms with van der Waals surface area (Å²) in [6, 6.07) is 0. The summed E-state index contributed by atoms with van der Waals surface area (Å²) < 4.78 is 21.0. The quantitative estimate of drug-likeness (QED) is 0.744. The van der Waals surface area contributed by atoms with Crippen LogP contribution in [0, 0.1) is 6.92 Å². The van der Waals surface area contributed by atoms with Crippen LogP contribution in [0.3, 0.4) is 0 Å². The second-order valence-electron chi connectivity index (χ2n) is 3.83. The average Bonchev–Trinajstić information content (AvgIpc) is 2.86. The highest BCUT2D eigenvalue weighted by atomic mass is 16.7. The zero-order valence-corrected chi connectivity index (χ0v) is 10.1. The van der Waals surface area contributed by atoms with Gasteiger partial charge in [-0.1, -0.05) is 5.16 Å². The van der Waals surface area contributed by atoms with E-state index in [-0.39, 0.29) is 12.3 Å². The molecule has 0 aromatic carbocycles. The van der Waals surface area contributed by atoms with Crippen LogP contribution < -0.4 is 0 Å². The van der Waals surface area contributed by atoms with Gasteiger partial charge in [0.2, 0.25) is 0 Å². The molecule has 6 nitrogen and oxygen atoms in total. The van der Waals surface area contributed by atoms with E-state index >= 15 is 0 Å². The Hall–Kier alpha value is -1.40. The highest BCUT2D eigenvalue weighted by Gasteiger charge is 2.41. The van der Waals surface area contributed by atoms with Gasteiger partial charge in [0, 0.05) is 0 Å². The van der Waals surface area contributed by atoms with Gasteiger partial charge in [-0.15, -0.1) is 0 Å². The van der Waals surface area contributed by atoms with Crippen LogP contribution >= 0.6 is 0 Å². The van der Waals surface area contributed by atoms with Gasteiger partial charge in [-0.25, -0.2) is 4.79 Å². The maximum atomic E-state index is 11.7. The molecular weight excluding hydrogens is 226 g/mol. The highest BCUT2D eigenvalue weighted by molar-refractivity contribution is 5.89. The smallest absolute Gasteiger partial charge is 0.361 e. The number of ether oxygens (including phenoxy) is 3. The van der Waals surface area contributed by atoms with Crippen molar-refractivity contribution in [2.75, 3.05) is 19.8 Å². The van der Waals surface area contributed by atoms with Crippen molar-refractivity contribution in [1.29, 1.82) is 0 Å². The molecule has 0 saturated carbocycles. The minimum atomic E-state index is -0.980. The van der Waals surface area contributed by atoms with Crippen molar-refractivity contribution < 1.29 is 23.5 Å². The number of nitrogens with zero attached hydrogens (tertiary/aromatic N) is 1. The Morgan fingerprint density at radius 1 is 1.47 bits per heavy atom. The van der Waals surface area contributed by atoms with Crippen LogP contribution in [0.25, 0.3) is 0 Å². The fourth-order valence-corrected chi connectivity index (χ4v) is 1.90. The Labute approximate surface area is 98.8 Å². The Morgan fingerprint density at radius 3 is 2.71 bits per heavy atom. The van der Waals surface area contributed by atoms with E-state index in [1.807, 2.05) is 0 Å². The van der Waals surface area contributed by atoms with Gasteiger partial charge in [-0.2, -0.15) is 0 Å². The second kappa shape index (κ2) is 4.46. The van der Waals surface area contributed by atoms with Gasteiger partial charge in [-0.05, 0) is 20.8 Å². The fraction of sp³-hybridized carbons (Fsp3) is 0.636. The van der Waals surface area contributed by atoms with E-state index in [1.54, 1.807) is 20.8 Å². The molecule has 1 aromatic heterocycles. The number of esters is 1. The topological polar surface area (TPSA) is 70.8 Å². The van der Waals surface area contributed by atoms with E-state index < -0.39 is 11.8 Å². The first-order valence-corrected chi connectivity index (χ1v) is 5.50. The van der Waals surface area contributed by atoms with Crippen molar-refractivity contribution in [2.45, 2.75) is 26.6 Å². The predicted molar refractivity (Wildman–Crippen MR) is 56.5 cm³/mol. The van der Waals surface area contributed by atoms with Crippen LogP contribution in [0.4, 0.5) is 0 Å². The monoisotopic (exact) mass is 241 g/mol. The summed E-state index contributed by atoms with van der Waals surface area (Å²) in [5.74, 6) is -1.01. The van der Waals surface area contributed by atoms with Crippen molar-refractivity contribution >= 4 is 5.97 Å². The predicted octanol–water partition coefficient (Wildman–Crippen LogP) is 1.38. The molecule has 0 aliphatic carbocycles. The number of hydrogen-bond acceptors (Lipinski definition) is 6. The van der Waals surface area contributed by atoms with Crippen molar-refractivity contribution in [2.24, 2.45) is 0 Å². The molecule has 17 heavy (non-hydrogen) atoms. The van der Waals surface area contributed by atoms with Gasteiger partial charge in [0.25, 0.3) is 0 Å². The van der Waals surface area contributed by atoms with Gasteiger partial charge in [0.15, 0.2) is 11.5 Å². The van der Waals surface area contributed by atoms with Crippen molar-refractivity contribution in [3.05, 3.63) is 17.0 Å². The molecule has 1 aliphatic rings. The molecule has 0 amide bonds. The van der Waals surface area contributed by atoms with E-state index in [9.17, 15) is 4.79 Å². The second-order valence-corrected chi connectivity index (χ2v) is 3.83. The lowest BCUT2D eigenvalue weighted by Crippen LogP contribution is -2.26.